The van der Waals surface area contributed by atoms with Gasteiger partial charge in [0.2, 0.25) is 0 Å². The van der Waals surface area contributed by atoms with Gasteiger partial charge in [0.1, 0.15) is 11.1 Å². The lowest BCUT2D eigenvalue weighted by molar-refractivity contribution is 1.18. The number of fused-ring (bicyclic) bond motifs is 13. The van der Waals surface area contributed by atoms with E-state index in [0.29, 0.717) is 5.56 Å². The van der Waals surface area contributed by atoms with Gasteiger partial charge in [-0.05, 0) is 182 Å². The third-order valence-corrected chi connectivity index (χ3v) is 20.9. The zero-order chi connectivity index (χ0) is 63.9. The fourth-order valence-electron chi connectivity index (χ4n) is 15.6. The van der Waals surface area contributed by atoms with Crippen LogP contribution in [0, 0.1) is 32.1 Å². The van der Waals surface area contributed by atoms with Gasteiger partial charge < -0.3 is 18.3 Å². The molecule has 6 nitrogen and oxygen atoms in total. The van der Waals surface area contributed by atoms with Gasteiger partial charge in [0, 0.05) is 82.5 Å². The summed E-state index contributed by atoms with van der Waals surface area (Å²) < 4.78 is 10.6. The number of nitrogens with zero attached hydrogens (tertiary/aromatic N) is 6. The van der Waals surface area contributed by atoms with Gasteiger partial charge in [-0.3, -0.25) is 0 Å². The first kappa shape index (κ1) is 55.3. The molecule has 0 bridgehead atoms. The number of hydrogen-bond acceptors (Lipinski definition) is 3. The van der Waals surface area contributed by atoms with Crippen molar-refractivity contribution in [2.45, 2.75) is 20.8 Å². The van der Waals surface area contributed by atoms with E-state index in [1.807, 2.05) is 0 Å². The van der Waals surface area contributed by atoms with Crippen molar-refractivity contribution in [1.82, 2.24) is 23.3 Å². The van der Waals surface area contributed by atoms with Crippen molar-refractivity contribution in [3.63, 3.8) is 0 Å². The summed E-state index contributed by atoms with van der Waals surface area (Å²) in [7, 11) is 0. The molecule has 0 atom stereocenters. The molecule has 0 saturated carbocycles. The molecule has 14 aromatic carbocycles. The lowest BCUT2D eigenvalue weighted by Crippen LogP contribution is -2.03. The third-order valence-electron chi connectivity index (χ3n) is 19.8. The maximum atomic E-state index is 12.6. The number of rotatable bonds is 9. The molecular weight excluding hydrogens is 1190 g/mol. The molecule has 0 aliphatic rings. The van der Waals surface area contributed by atoms with Crippen LogP contribution < -0.4 is 0 Å². The van der Waals surface area contributed by atoms with Gasteiger partial charge in [-0.15, -0.1) is 11.3 Å². The molecule has 19 rings (SSSR count). The van der Waals surface area contributed by atoms with Crippen LogP contribution in [0.15, 0.2) is 297 Å². The molecule has 0 aliphatic heterocycles. The van der Waals surface area contributed by atoms with Crippen LogP contribution in [-0.2, 0) is 0 Å². The molecule has 19 aromatic rings. The van der Waals surface area contributed by atoms with Crippen LogP contribution in [0.4, 0.5) is 0 Å². The summed E-state index contributed by atoms with van der Waals surface area (Å²) in [5, 5.41) is 23.0. The second-order valence-electron chi connectivity index (χ2n) is 25.5. The van der Waals surface area contributed by atoms with Crippen molar-refractivity contribution in [3.05, 3.63) is 320 Å². The Balaban J connectivity index is 0.922. The summed E-state index contributed by atoms with van der Waals surface area (Å²) in [6.07, 6.45) is 0. The molecule has 0 N–H and O–H groups in total. The van der Waals surface area contributed by atoms with Crippen LogP contribution >= 0.6 is 11.3 Å². The van der Waals surface area contributed by atoms with Crippen LogP contribution in [0.3, 0.4) is 0 Å². The molecule has 0 amide bonds. The first-order valence-electron chi connectivity index (χ1n) is 32.7. The van der Waals surface area contributed by atoms with Crippen molar-refractivity contribution in [3.8, 4) is 83.9 Å². The number of benzene rings is 14. The Hall–Kier alpha value is -12.3. The van der Waals surface area contributed by atoms with E-state index < -0.39 is 0 Å². The zero-order valence-electron chi connectivity index (χ0n) is 52.9. The zero-order valence-corrected chi connectivity index (χ0v) is 53.7. The number of nitriles is 1. The van der Waals surface area contributed by atoms with Gasteiger partial charge in [0.15, 0.2) is 0 Å². The Labute approximate surface area is 557 Å². The quantitative estimate of drug-likeness (QED) is 0.145. The minimum absolute atomic E-state index is 0.550. The van der Waals surface area contributed by atoms with Crippen LogP contribution in [0.25, 0.3) is 175 Å². The highest BCUT2D eigenvalue weighted by Gasteiger charge is 2.31. The molecule has 0 radical (unpaired) electrons. The van der Waals surface area contributed by atoms with Gasteiger partial charge in [0.25, 0.3) is 0 Å². The van der Waals surface area contributed by atoms with Crippen molar-refractivity contribution in [1.29, 1.82) is 5.26 Å². The largest absolute Gasteiger partial charge is 0.309 e. The molecular formula is C89H58N6S. The predicted octanol–water partition coefficient (Wildman–Crippen LogP) is 23.8. The van der Waals surface area contributed by atoms with Crippen LogP contribution in [0.2, 0.25) is 0 Å². The van der Waals surface area contributed by atoms with Crippen molar-refractivity contribution >= 4 is 109 Å². The average molecular weight is 1240 g/mol. The molecule has 5 aromatic heterocycles. The van der Waals surface area contributed by atoms with Crippen LogP contribution in [-0.4, -0.2) is 23.3 Å². The van der Waals surface area contributed by atoms with Gasteiger partial charge in [0.05, 0.1) is 59.9 Å². The molecule has 0 aliphatic carbocycles. The summed E-state index contributed by atoms with van der Waals surface area (Å²) in [6, 6.07) is 111. The minimum atomic E-state index is 0.550. The molecule has 0 saturated heterocycles. The second-order valence-corrected chi connectivity index (χ2v) is 26.6. The maximum absolute atomic E-state index is 12.6. The fraction of sp³-hybridized carbons (Fsp3) is 0.0337. The highest BCUT2D eigenvalue weighted by atomic mass is 32.1. The highest BCUT2D eigenvalue weighted by molar-refractivity contribution is 7.21. The predicted molar refractivity (Wildman–Crippen MR) is 403 cm³/mol. The maximum Gasteiger partial charge on any atom is 0.126 e. The third kappa shape index (κ3) is 8.46. The summed E-state index contributed by atoms with van der Waals surface area (Å²) in [6.45, 7) is 6.49. The SMILES string of the molecule is Cc1ccc2c(c1)c1ccccc1n2-c1ccc(-c2c(C#N)c(-c3nc4ccccc4s3)c(-c3ccc(-n4c5ccccc5c5cc(C)ccc54)cc3)c(-c3ccc(-n4c5ccccc5c5ccccc54)cc3)c2-c2ccc(-n3c4ccccc4c4cc(C)ccc43)cc2)cc1. The van der Waals surface area contributed by atoms with Crippen molar-refractivity contribution in [2.24, 2.45) is 0 Å². The van der Waals surface area contributed by atoms with E-state index in [2.05, 4.69) is 342 Å². The van der Waals surface area contributed by atoms with Gasteiger partial charge in [-0.1, -0.05) is 187 Å². The first-order valence-corrected chi connectivity index (χ1v) is 33.5. The van der Waals surface area contributed by atoms with E-state index in [4.69, 9.17) is 4.98 Å². The van der Waals surface area contributed by atoms with E-state index in [9.17, 15) is 5.26 Å². The monoisotopic (exact) mass is 1240 g/mol. The molecule has 0 spiro atoms. The van der Waals surface area contributed by atoms with E-state index in [1.54, 1.807) is 11.3 Å². The lowest BCUT2D eigenvalue weighted by Gasteiger charge is -2.26. The standard InChI is InChI=1S/C89H58N6S/c1-54-28-47-80-70(50-54)67-18-6-12-24-77(67)93(80)62-39-31-57(32-40-62)84-73(53-90)88(89-91-74-21-9-15-27-83(74)96-89)87(60-37-45-64(46-38-60)95-79-26-14-8-20-69(79)72-52-56(3)30-49-82(72)95)86(59-35-43-61(44-36-59)92-75-22-10-4-16-65(75)66-17-5-11-23-76(66)92)85(84)58-33-41-63(42-34-58)94-78-25-13-7-19-68(78)71-51-55(2)29-48-81(71)94/h4-52H,1-3H3. The number of aromatic nitrogens is 5. The summed E-state index contributed by atoms with van der Waals surface area (Å²) >= 11 is 1.64. The van der Waals surface area contributed by atoms with Crippen molar-refractivity contribution in [2.75, 3.05) is 0 Å². The van der Waals surface area contributed by atoms with Crippen LogP contribution in [0.5, 0.6) is 0 Å². The molecule has 0 fully saturated rings. The normalized spacial score (nSPS) is 11.9. The average Bonchev–Trinajstić information content (AvgIpc) is 1.35. The van der Waals surface area contributed by atoms with E-state index >= 15 is 0 Å². The molecule has 96 heavy (non-hydrogen) atoms. The number of thiazole rings is 1. The Bertz CT molecular complexity index is 6380. The Morgan fingerprint density at radius 3 is 0.906 bits per heavy atom. The van der Waals surface area contributed by atoms with Gasteiger partial charge in [-0.25, -0.2) is 4.98 Å². The topological polar surface area (TPSA) is 56.4 Å². The molecule has 450 valence electrons. The van der Waals surface area contributed by atoms with E-state index in [1.165, 1.54) is 59.8 Å². The first-order chi connectivity index (χ1) is 47.3. The number of aryl methyl sites for hydroxylation is 3. The highest BCUT2D eigenvalue weighted by Crippen LogP contribution is 2.55. The number of para-hydroxylation sites is 6. The Morgan fingerprint density at radius 1 is 0.281 bits per heavy atom. The second kappa shape index (κ2) is 21.6. The minimum Gasteiger partial charge on any atom is -0.309 e. The van der Waals surface area contributed by atoms with E-state index in [-0.39, 0.29) is 0 Å². The van der Waals surface area contributed by atoms with E-state index in [0.717, 1.165) is 132 Å². The summed E-state index contributed by atoms with van der Waals surface area (Å²) in [5.74, 6) is 0. The fourth-order valence-corrected chi connectivity index (χ4v) is 16.6. The van der Waals surface area contributed by atoms with Gasteiger partial charge in [-0.2, -0.15) is 5.26 Å². The number of hydrogen-bond donors (Lipinski definition) is 0. The summed E-state index contributed by atoms with van der Waals surface area (Å²) in [5.41, 5.74) is 26.7. The molecule has 0 unspecified atom stereocenters. The molecule has 7 heteroatoms. The Morgan fingerprint density at radius 2 is 0.562 bits per heavy atom. The lowest BCUT2D eigenvalue weighted by atomic mass is 9.77. The van der Waals surface area contributed by atoms with Crippen molar-refractivity contribution < 1.29 is 0 Å². The van der Waals surface area contributed by atoms with Gasteiger partial charge >= 0.3 is 0 Å². The summed E-state index contributed by atoms with van der Waals surface area (Å²) in [4.78, 5) is 5.55. The Kier molecular flexibility index (Phi) is 12.5. The molecule has 5 heterocycles. The van der Waals surface area contributed by atoms with Crippen LogP contribution in [0.1, 0.15) is 22.3 Å². The smallest absolute Gasteiger partial charge is 0.126 e.